The van der Waals surface area contributed by atoms with Gasteiger partial charge >= 0.3 is 0 Å². The van der Waals surface area contributed by atoms with Gasteiger partial charge < -0.3 is 15.8 Å². The first-order valence-corrected chi connectivity index (χ1v) is 4.40. The van der Waals surface area contributed by atoms with E-state index >= 15 is 0 Å². The van der Waals surface area contributed by atoms with E-state index in [1.807, 2.05) is 6.07 Å². The lowest BCUT2D eigenvalue weighted by atomic mass is 10.1. The standard InChI is InChI=1S/C9H13N3O/c10-9-2-1-7(5-12-9)8-6-11-3-4-13-8/h1-2,5,8,11H,3-4,6H2,(H2,10,12). The molecule has 1 aliphatic heterocycles. The van der Waals surface area contributed by atoms with Crippen LogP contribution < -0.4 is 11.1 Å². The third-order valence-electron chi connectivity index (χ3n) is 2.11. The van der Waals surface area contributed by atoms with E-state index in [1.165, 1.54) is 0 Å². The van der Waals surface area contributed by atoms with Gasteiger partial charge in [-0.3, -0.25) is 0 Å². The molecule has 1 aromatic heterocycles. The molecule has 1 saturated heterocycles. The average molecular weight is 179 g/mol. The number of rotatable bonds is 1. The molecule has 0 saturated carbocycles. The largest absolute Gasteiger partial charge is 0.384 e. The summed E-state index contributed by atoms with van der Waals surface area (Å²) in [6, 6.07) is 3.76. The summed E-state index contributed by atoms with van der Waals surface area (Å²) in [7, 11) is 0. The topological polar surface area (TPSA) is 60.2 Å². The van der Waals surface area contributed by atoms with Gasteiger partial charge in [0.05, 0.1) is 12.7 Å². The minimum Gasteiger partial charge on any atom is -0.384 e. The van der Waals surface area contributed by atoms with Crippen LogP contribution in [-0.2, 0) is 4.74 Å². The van der Waals surface area contributed by atoms with E-state index in [2.05, 4.69) is 10.3 Å². The molecule has 3 N–H and O–H groups in total. The number of aromatic nitrogens is 1. The van der Waals surface area contributed by atoms with Crippen molar-refractivity contribution < 1.29 is 4.74 Å². The Hall–Kier alpha value is -1.13. The van der Waals surface area contributed by atoms with Crippen LogP contribution in [0.2, 0.25) is 0 Å². The van der Waals surface area contributed by atoms with Crippen LogP contribution in [0.15, 0.2) is 18.3 Å². The molecule has 0 bridgehead atoms. The first-order valence-electron chi connectivity index (χ1n) is 4.40. The van der Waals surface area contributed by atoms with Crippen LogP contribution in [0.1, 0.15) is 11.7 Å². The van der Waals surface area contributed by atoms with E-state index < -0.39 is 0 Å². The number of morpholine rings is 1. The second kappa shape index (κ2) is 3.72. The molecule has 0 radical (unpaired) electrons. The third kappa shape index (κ3) is 1.96. The van der Waals surface area contributed by atoms with Gasteiger partial charge in [-0.15, -0.1) is 0 Å². The van der Waals surface area contributed by atoms with E-state index in [0.717, 1.165) is 25.3 Å². The van der Waals surface area contributed by atoms with Crippen LogP contribution >= 0.6 is 0 Å². The second-order valence-corrected chi connectivity index (χ2v) is 3.08. The molecule has 1 atom stereocenters. The van der Waals surface area contributed by atoms with Gasteiger partial charge in [0.1, 0.15) is 5.82 Å². The average Bonchev–Trinajstić information content (AvgIpc) is 2.20. The first kappa shape index (κ1) is 8.47. The van der Waals surface area contributed by atoms with Crippen molar-refractivity contribution in [3.63, 3.8) is 0 Å². The van der Waals surface area contributed by atoms with E-state index in [1.54, 1.807) is 12.3 Å². The van der Waals surface area contributed by atoms with Crippen molar-refractivity contribution in [3.05, 3.63) is 23.9 Å². The van der Waals surface area contributed by atoms with Crippen molar-refractivity contribution in [1.29, 1.82) is 0 Å². The molecular formula is C9H13N3O. The molecule has 2 heterocycles. The molecule has 1 fully saturated rings. The number of nitrogens with two attached hydrogens (primary N) is 1. The van der Waals surface area contributed by atoms with Gasteiger partial charge in [-0.25, -0.2) is 4.98 Å². The molecule has 70 valence electrons. The lowest BCUT2D eigenvalue weighted by Gasteiger charge is -2.23. The maximum absolute atomic E-state index is 5.56. The van der Waals surface area contributed by atoms with Crippen LogP contribution in [-0.4, -0.2) is 24.7 Å². The molecule has 4 nitrogen and oxygen atoms in total. The predicted octanol–water partition coefficient (Wildman–Crippen LogP) is 0.325. The molecular weight excluding hydrogens is 166 g/mol. The highest BCUT2D eigenvalue weighted by Gasteiger charge is 2.15. The van der Waals surface area contributed by atoms with Crippen molar-refractivity contribution >= 4 is 5.82 Å². The minimum atomic E-state index is 0.127. The summed E-state index contributed by atoms with van der Waals surface area (Å²) in [5.41, 5.74) is 6.57. The summed E-state index contributed by atoms with van der Waals surface area (Å²) in [4.78, 5) is 4.02. The van der Waals surface area contributed by atoms with E-state index in [9.17, 15) is 0 Å². The monoisotopic (exact) mass is 179 g/mol. The zero-order valence-corrected chi connectivity index (χ0v) is 7.36. The summed E-state index contributed by atoms with van der Waals surface area (Å²) in [6.07, 6.45) is 1.90. The number of anilines is 1. The highest BCUT2D eigenvalue weighted by atomic mass is 16.5. The molecule has 1 unspecified atom stereocenters. The number of pyridine rings is 1. The Labute approximate surface area is 77.1 Å². The van der Waals surface area contributed by atoms with E-state index in [4.69, 9.17) is 10.5 Å². The van der Waals surface area contributed by atoms with Crippen LogP contribution in [0.25, 0.3) is 0 Å². The van der Waals surface area contributed by atoms with Crippen molar-refractivity contribution in [1.82, 2.24) is 10.3 Å². The Morgan fingerprint density at radius 1 is 1.54 bits per heavy atom. The molecule has 0 aliphatic carbocycles. The van der Waals surface area contributed by atoms with E-state index in [-0.39, 0.29) is 6.10 Å². The smallest absolute Gasteiger partial charge is 0.123 e. The van der Waals surface area contributed by atoms with Crippen molar-refractivity contribution in [3.8, 4) is 0 Å². The van der Waals surface area contributed by atoms with Crippen LogP contribution in [0, 0.1) is 0 Å². The highest BCUT2D eigenvalue weighted by Crippen LogP contribution is 2.17. The van der Waals surface area contributed by atoms with Gasteiger partial charge in [0.25, 0.3) is 0 Å². The quantitative estimate of drug-likeness (QED) is 0.652. The van der Waals surface area contributed by atoms with E-state index in [0.29, 0.717) is 5.82 Å². The Bertz CT molecular complexity index is 267. The zero-order chi connectivity index (χ0) is 9.10. The summed E-state index contributed by atoms with van der Waals surface area (Å²) in [6.45, 7) is 2.54. The SMILES string of the molecule is Nc1ccc(C2CNCCO2)cn1. The minimum absolute atomic E-state index is 0.127. The molecule has 4 heteroatoms. The van der Waals surface area contributed by atoms with Crippen LogP contribution in [0.3, 0.4) is 0 Å². The zero-order valence-electron chi connectivity index (χ0n) is 7.36. The van der Waals surface area contributed by atoms with Gasteiger partial charge in [-0.2, -0.15) is 0 Å². The molecule has 0 spiro atoms. The van der Waals surface area contributed by atoms with Gasteiger partial charge in [0, 0.05) is 24.8 Å². The number of ether oxygens (including phenoxy) is 1. The molecule has 13 heavy (non-hydrogen) atoms. The van der Waals surface area contributed by atoms with Gasteiger partial charge in [-0.05, 0) is 6.07 Å². The molecule has 0 amide bonds. The van der Waals surface area contributed by atoms with Gasteiger partial charge in [0.15, 0.2) is 0 Å². The van der Waals surface area contributed by atoms with Crippen LogP contribution in [0.5, 0.6) is 0 Å². The summed E-state index contributed by atoms with van der Waals surface area (Å²) in [5.74, 6) is 0.549. The van der Waals surface area contributed by atoms with Crippen molar-refractivity contribution in [2.45, 2.75) is 6.10 Å². The second-order valence-electron chi connectivity index (χ2n) is 3.08. The van der Waals surface area contributed by atoms with Crippen LogP contribution in [0.4, 0.5) is 5.82 Å². The Morgan fingerprint density at radius 3 is 3.08 bits per heavy atom. The first-order chi connectivity index (χ1) is 6.36. The molecule has 0 aromatic carbocycles. The summed E-state index contributed by atoms with van der Waals surface area (Å²) in [5, 5.41) is 3.26. The fourth-order valence-corrected chi connectivity index (χ4v) is 1.39. The lowest BCUT2D eigenvalue weighted by molar-refractivity contribution is 0.0275. The third-order valence-corrected chi connectivity index (χ3v) is 2.11. The maximum atomic E-state index is 5.56. The Balaban J connectivity index is 2.10. The number of nitrogen functional groups attached to an aromatic ring is 1. The predicted molar refractivity (Wildman–Crippen MR) is 50.2 cm³/mol. The number of nitrogens with one attached hydrogen (secondary N) is 1. The molecule has 1 aromatic rings. The summed E-state index contributed by atoms with van der Waals surface area (Å²) >= 11 is 0. The normalized spacial score (nSPS) is 22.9. The van der Waals surface area contributed by atoms with Gasteiger partial charge in [-0.1, -0.05) is 6.07 Å². The van der Waals surface area contributed by atoms with Crippen molar-refractivity contribution in [2.75, 3.05) is 25.4 Å². The number of hydrogen-bond acceptors (Lipinski definition) is 4. The number of nitrogens with zero attached hydrogens (tertiary/aromatic N) is 1. The molecule has 2 rings (SSSR count). The fourth-order valence-electron chi connectivity index (χ4n) is 1.39. The highest BCUT2D eigenvalue weighted by molar-refractivity contribution is 5.30. The number of hydrogen-bond donors (Lipinski definition) is 2. The van der Waals surface area contributed by atoms with Gasteiger partial charge in [0.2, 0.25) is 0 Å². The Morgan fingerprint density at radius 2 is 2.46 bits per heavy atom. The summed E-state index contributed by atoms with van der Waals surface area (Å²) < 4.78 is 5.56. The van der Waals surface area contributed by atoms with Crippen molar-refractivity contribution in [2.24, 2.45) is 0 Å². The maximum Gasteiger partial charge on any atom is 0.123 e. The molecule has 1 aliphatic rings. The Kier molecular flexibility index (Phi) is 2.42. The lowest BCUT2D eigenvalue weighted by Crippen LogP contribution is -2.33. The fraction of sp³-hybridized carbons (Fsp3) is 0.444.